The number of benzene rings is 1. The minimum absolute atomic E-state index is 0.0142. The van der Waals surface area contributed by atoms with Gasteiger partial charge in [0, 0.05) is 23.9 Å². The van der Waals surface area contributed by atoms with Crippen LogP contribution in [0.4, 0.5) is 0 Å². The first-order chi connectivity index (χ1) is 13.0. The van der Waals surface area contributed by atoms with E-state index in [2.05, 4.69) is 10.6 Å². The summed E-state index contributed by atoms with van der Waals surface area (Å²) in [4.78, 5) is 36.0. The molecule has 0 bridgehead atoms. The first kappa shape index (κ1) is 23.9. The Labute approximate surface area is 171 Å². The van der Waals surface area contributed by atoms with Gasteiger partial charge in [0.2, 0.25) is 11.8 Å². The molecule has 0 saturated heterocycles. The highest BCUT2D eigenvalue weighted by atomic mass is 35.5. The Bertz CT molecular complexity index is 677. The molecule has 5 N–H and O–H groups in total. The Morgan fingerprint density at radius 3 is 2.11 bits per heavy atom. The number of halogens is 1. The van der Waals surface area contributed by atoms with Crippen molar-refractivity contribution >= 4 is 29.4 Å². The van der Waals surface area contributed by atoms with Crippen LogP contribution in [0.5, 0.6) is 0 Å². The molecular formula is C20H30ClN3O4. The van der Waals surface area contributed by atoms with Gasteiger partial charge in [0.15, 0.2) is 0 Å². The second-order valence-corrected chi connectivity index (χ2v) is 8.03. The van der Waals surface area contributed by atoms with Gasteiger partial charge < -0.3 is 21.5 Å². The number of hydrogen-bond acceptors (Lipinski definition) is 4. The zero-order chi connectivity index (χ0) is 21.4. The molecule has 0 heterocycles. The number of amides is 2. The molecule has 1 rings (SSSR count). The summed E-state index contributed by atoms with van der Waals surface area (Å²) in [5, 5.41) is 15.2. The number of carboxylic acids is 1. The van der Waals surface area contributed by atoms with Crippen LogP contribution in [0.2, 0.25) is 5.02 Å². The van der Waals surface area contributed by atoms with Gasteiger partial charge in [-0.1, -0.05) is 51.4 Å². The van der Waals surface area contributed by atoms with Crippen LogP contribution in [0.1, 0.15) is 45.6 Å². The standard InChI is InChI=1S/C20H30ClN3O4/c1-11(2)17(22)19(26)23-10-14(13-5-7-15(21)8-6-13)9-16(25)24-18(12(3)4)20(27)28/h5-8,11-12,14,17-18H,9-10,22H2,1-4H3,(H,23,26)(H,24,25)(H,27,28)/t14?,17-,18-/m0/s1. The fourth-order valence-corrected chi connectivity index (χ4v) is 2.78. The Morgan fingerprint density at radius 1 is 1.07 bits per heavy atom. The zero-order valence-electron chi connectivity index (χ0n) is 16.7. The average molecular weight is 412 g/mol. The molecule has 7 nitrogen and oxygen atoms in total. The lowest BCUT2D eigenvalue weighted by Gasteiger charge is -2.23. The Hall–Kier alpha value is -2.12. The maximum atomic E-state index is 12.5. The first-order valence-corrected chi connectivity index (χ1v) is 9.71. The van der Waals surface area contributed by atoms with E-state index in [4.69, 9.17) is 17.3 Å². The molecule has 0 saturated carbocycles. The van der Waals surface area contributed by atoms with E-state index < -0.39 is 24.0 Å². The highest BCUT2D eigenvalue weighted by Gasteiger charge is 2.26. The van der Waals surface area contributed by atoms with E-state index in [9.17, 15) is 19.5 Å². The maximum absolute atomic E-state index is 12.5. The molecule has 156 valence electrons. The average Bonchev–Trinajstić information content (AvgIpc) is 2.62. The van der Waals surface area contributed by atoms with E-state index in [1.807, 2.05) is 13.8 Å². The van der Waals surface area contributed by atoms with Gasteiger partial charge in [0.05, 0.1) is 6.04 Å². The van der Waals surface area contributed by atoms with Crippen molar-refractivity contribution in [2.75, 3.05) is 6.54 Å². The maximum Gasteiger partial charge on any atom is 0.326 e. The summed E-state index contributed by atoms with van der Waals surface area (Å²) >= 11 is 5.93. The lowest BCUT2D eigenvalue weighted by atomic mass is 9.94. The highest BCUT2D eigenvalue weighted by molar-refractivity contribution is 6.30. The van der Waals surface area contributed by atoms with Gasteiger partial charge in [-0.05, 0) is 29.5 Å². The molecule has 3 atom stereocenters. The van der Waals surface area contributed by atoms with Crippen LogP contribution in [0.25, 0.3) is 0 Å². The number of nitrogens with one attached hydrogen (secondary N) is 2. The molecule has 0 aromatic heterocycles. The second kappa shape index (κ2) is 11.0. The largest absolute Gasteiger partial charge is 0.480 e. The summed E-state index contributed by atoms with van der Waals surface area (Å²) in [6, 6.07) is 5.37. The molecule has 0 aliphatic carbocycles. The minimum Gasteiger partial charge on any atom is -0.480 e. The van der Waals surface area contributed by atoms with E-state index in [0.717, 1.165) is 5.56 Å². The Kier molecular flexibility index (Phi) is 9.41. The van der Waals surface area contributed by atoms with Gasteiger partial charge in [-0.15, -0.1) is 0 Å². The summed E-state index contributed by atoms with van der Waals surface area (Å²) in [5.74, 6) is -2.38. The van der Waals surface area contributed by atoms with Crippen molar-refractivity contribution in [3.05, 3.63) is 34.9 Å². The molecule has 8 heteroatoms. The predicted molar refractivity (Wildman–Crippen MR) is 109 cm³/mol. The van der Waals surface area contributed by atoms with E-state index >= 15 is 0 Å². The van der Waals surface area contributed by atoms with Gasteiger partial charge in [-0.25, -0.2) is 4.79 Å². The van der Waals surface area contributed by atoms with E-state index in [-0.39, 0.29) is 36.6 Å². The second-order valence-electron chi connectivity index (χ2n) is 7.59. The fraction of sp³-hybridized carbons (Fsp3) is 0.550. The van der Waals surface area contributed by atoms with Crippen LogP contribution in [0, 0.1) is 11.8 Å². The number of carboxylic acid groups (broad SMARTS) is 1. The van der Waals surface area contributed by atoms with Crippen LogP contribution in [-0.4, -0.2) is 41.5 Å². The van der Waals surface area contributed by atoms with Crippen molar-refractivity contribution in [2.45, 2.75) is 52.1 Å². The third kappa shape index (κ3) is 7.48. The molecule has 0 radical (unpaired) electrons. The normalized spacial score (nSPS) is 14.4. The topological polar surface area (TPSA) is 122 Å². The number of nitrogens with two attached hydrogens (primary N) is 1. The molecule has 1 unspecified atom stereocenters. The number of carbonyl (C=O) groups excluding carboxylic acids is 2. The van der Waals surface area contributed by atoms with Gasteiger partial charge in [-0.2, -0.15) is 0 Å². The fourth-order valence-electron chi connectivity index (χ4n) is 2.66. The molecule has 28 heavy (non-hydrogen) atoms. The van der Waals surface area contributed by atoms with Crippen LogP contribution in [0.15, 0.2) is 24.3 Å². The number of rotatable bonds is 10. The Morgan fingerprint density at radius 2 is 1.64 bits per heavy atom. The molecule has 0 aliphatic rings. The van der Waals surface area contributed by atoms with Crippen LogP contribution < -0.4 is 16.4 Å². The quantitative estimate of drug-likeness (QED) is 0.470. The molecular weight excluding hydrogens is 382 g/mol. The lowest BCUT2D eigenvalue weighted by molar-refractivity contribution is -0.143. The lowest BCUT2D eigenvalue weighted by Crippen LogP contribution is -2.46. The first-order valence-electron chi connectivity index (χ1n) is 9.33. The molecule has 0 fully saturated rings. The number of carbonyl (C=O) groups is 3. The van der Waals surface area contributed by atoms with Crippen LogP contribution in [0.3, 0.4) is 0 Å². The van der Waals surface area contributed by atoms with Gasteiger partial charge >= 0.3 is 5.97 Å². The summed E-state index contributed by atoms with van der Waals surface area (Å²) in [6.07, 6.45) is 0.0231. The van der Waals surface area contributed by atoms with Gasteiger partial charge in [-0.3, -0.25) is 9.59 Å². The van der Waals surface area contributed by atoms with Crippen molar-refractivity contribution in [1.82, 2.24) is 10.6 Å². The highest BCUT2D eigenvalue weighted by Crippen LogP contribution is 2.22. The molecule has 0 aliphatic heterocycles. The van der Waals surface area contributed by atoms with Crippen molar-refractivity contribution in [2.24, 2.45) is 17.6 Å². The number of hydrogen-bond donors (Lipinski definition) is 4. The van der Waals surface area contributed by atoms with Crippen molar-refractivity contribution < 1.29 is 19.5 Å². The SMILES string of the molecule is CC(C)[C@H](N)C(=O)NCC(CC(=O)N[C@H](C(=O)O)C(C)C)c1ccc(Cl)cc1. The van der Waals surface area contributed by atoms with E-state index in [1.54, 1.807) is 38.1 Å². The third-order valence-electron chi connectivity index (χ3n) is 4.57. The van der Waals surface area contributed by atoms with Crippen LogP contribution >= 0.6 is 11.6 Å². The van der Waals surface area contributed by atoms with E-state index in [1.165, 1.54) is 0 Å². The van der Waals surface area contributed by atoms with Crippen LogP contribution in [-0.2, 0) is 14.4 Å². The molecule has 2 amide bonds. The van der Waals surface area contributed by atoms with Gasteiger partial charge in [0.1, 0.15) is 6.04 Å². The summed E-state index contributed by atoms with van der Waals surface area (Å²) < 4.78 is 0. The summed E-state index contributed by atoms with van der Waals surface area (Å²) in [6.45, 7) is 7.36. The number of aliphatic carboxylic acids is 1. The van der Waals surface area contributed by atoms with Crippen molar-refractivity contribution in [3.63, 3.8) is 0 Å². The van der Waals surface area contributed by atoms with Gasteiger partial charge in [0.25, 0.3) is 0 Å². The smallest absolute Gasteiger partial charge is 0.326 e. The summed E-state index contributed by atoms with van der Waals surface area (Å²) in [5.41, 5.74) is 6.68. The molecule has 0 spiro atoms. The third-order valence-corrected chi connectivity index (χ3v) is 4.82. The molecule has 1 aromatic rings. The van der Waals surface area contributed by atoms with E-state index in [0.29, 0.717) is 5.02 Å². The Balaban J connectivity index is 2.89. The minimum atomic E-state index is -1.08. The van der Waals surface area contributed by atoms with Crippen molar-refractivity contribution in [1.29, 1.82) is 0 Å². The predicted octanol–water partition coefficient (Wildman–Crippen LogP) is 2.14. The zero-order valence-corrected chi connectivity index (χ0v) is 17.5. The van der Waals surface area contributed by atoms with Crippen molar-refractivity contribution in [3.8, 4) is 0 Å². The monoisotopic (exact) mass is 411 g/mol. The molecule has 1 aromatic carbocycles. The summed E-state index contributed by atoms with van der Waals surface area (Å²) in [7, 11) is 0.